The second kappa shape index (κ2) is 7.13. The van der Waals surface area contributed by atoms with Crippen LogP contribution >= 0.6 is 0 Å². The van der Waals surface area contributed by atoms with Crippen LogP contribution in [-0.2, 0) is 13.0 Å². The maximum atomic E-state index is 5.63. The highest BCUT2D eigenvalue weighted by Gasteiger charge is 2.33. The normalized spacial score (nSPS) is 18.1. The summed E-state index contributed by atoms with van der Waals surface area (Å²) >= 11 is 0. The van der Waals surface area contributed by atoms with Gasteiger partial charge in [-0.3, -0.25) is 4.90 Å². The molecule has 0 aliphatic carbocycles. The Morgan fingerprint density at radius 2 is 2.00 bits per heavy atom. The summed E-state index contributed by atoms with van der Waals surface area (Å²) in [7, 11) is 0. The smallest absolute Gasteiger partial charge is 0.241 e. The van der Waals surface area contributed by atoms with Crippen LogP contribution in [0.1, 0.15) is 37.0 Å². The third-order valence-corrected chi connectivity index (χ3v) is 6.25. The van der Waals surface area contributed by atoms with Crippen molar-refractivity contribution in [2.24, 2.45) is 5.92 Å². The number of para-hydroxylation sites is 1. The molecule has 0 bridgehead atoms. The molecule has 0 radical (unpaired) electrons. The van der Waals surface area contributed by atoms with E-state index in [9.17, 15) is 0 Å². The maximum absolute atomic E-state index is 5.63. The SMILES string of the molecule is CC(C)C1c2[nH]c3ccccc3c2CCN1Cc1nc(-c2ccc3c(c2)OCO3)no1. The van der Waals surface area contributed by atoms with E-state index < -0.39 is 0 Å². The molecule has 7 heteroatoms. The molecule has 7 nitrogen and oxygen atoms in total. The molecule has 4 heterocycles. The van der Waals surface area contributed by atoms with Crippen LogP contribution < -0.4 is 9.47 Å². The molecule has 158 valence electrons. The van der Waals surface area contributed by atoms with Crippen molar-refractivity contribution < 1.29 is 14.0 Å². The first kappa shape index (κ1) is 18.4. The number of aromatic nitrogens is 3. The monoisotopic (exact) mass is 416 g/mol. The number of benzene rings is 2. The van der Waals surface area contributed by atoms with Crippen molar-refractivity contribution in [3.63, 3.8) is 0 Å². The van der Waals surface area contributed by atoms with Gasteiger partial charge in [-0.25, -0.2) is 0 Å². The predicted octanol–water partition coefficient (Wildman–Crippen LogP) is 4.70. The fourth-order valence-corrected chi connectivity index (χ4v) is 4.90. The first-order valence-electron chi connectivity index (χ1n) is 10.7. The molecule has 2 aromatic carbocycles. The van der Waals surface area contributed by atoms with E-state index in [-0.39, 0.29) is 12.8 Å². The summed E-state index contributed by atoms with van der Waals surface area (Å²) in [5.74, 6) is 3.10. The van der Waals surface area contributed by atoms with Crippen molar-refractivity contribution in [3.8, 4) is 22.9 Å². The van der Waals surface area contributed by atoms with E-state index in [1.165, 1.54) is 22.2 Å². The Morgan fingerprint density at radius 1 is 1.13 bits per heavy atom. The van der Waals surface area contributed by atoms with E-state index >= 15 is 0 Å². The fraction of sp³-hybridized carbons (Fsp3) is 0.333. The van der Waals surface area contributed by atoms with Crippen LogP contribution in [0.15, 0.2) is 47.0 Å². The first-order valence-corrected chi connectivity index (χ1v) is 10.7. The second-order valence-electron chi connectivity index (χ2n) is 8.55. The van der Waals surface area contributed by atoms with Crippen LogP contribution in [0.3, 0.4) is 0 Å². The zero-order valence-electron chi connectivity index (χ0n) is 17.6. The van der Waals surface area contributed by atoms with Crippen LogP contribution in [0.5, 0.6) is 11.5 Å². The molecule has 2 aromatic heterocycles. The standard InChI is InChI=1S/C24H24N4O3/c1-14(2)23-22-17(16-5-3-4-6-18(16)25-22)9-10-28(23)12-21-26-24(27-31-21)15-7-8-19-20(11-15)30-13-29-19/h3-8,11,14,23,25H,9-10,12-13H2,1-2H3. The summed E-state index contributed by atoms with van der Waals surface area (Å²) < 4.78 is 16.5. The molecule has 0 spiro atoms. The molecule has 4 aromatic rings. The third kappa shape index (κ3) is 3.08. The first-order chi connectivity index (χ1) is 15.2. The minimum atomic E-state index is 0.248. The van der Waals surface area contributed by atoms with Crippen molar-refractivity contribution in [2.75, 3.05) is 13.3 Å². The van der Waals surface area contributed by atoms with Crippen molar-refractivity contribution in [3.05, 3.63) is 59.6 Å². The lowest BCUT2D eigenvalue weighted by atomic mass is 9.90. The Kier molecular flexibility index (Phi) is 4.24. The zero-order chi connectivity index (χ0) is 20.9. The minimum absolute atomic E-state index is 0.248. The quantitative estimate of drug-likeness (QED) is 0.520. The summed E-state index contributed by atoms with van der Waals surface area (Å²) in [4.78, 5) is 10.8. The number of aromatic amines is 1. The van der Waals surface area contributed by atoms with Crippen LogP contribution in [-0.4, -0.2) is 33.4 Å². The van der Waals surface area contributed by atoms with Gasteiger partial charge >= 0.3 is 0 Å². The molecular formula is C24H24N4O3. The number of hydrogen-bond acceptors (Lipinski definition) is 6. The Morgan fingerprint density at radius 3 is 2.90 bits per heavy atom. The van der Waals surface area contributed by atoms with E-state index in [4.69, 9.17) is 14.0 Å². The Labute approximate surface area is 180 Å². The van der Waals surface area contributed by atoms with Gasteiger partial charge in [-0.15, -0.1) is 0 Å². The van der Waals surface area contributed by atoms with Crippen LogP contribution in [0.25, 0.3) is 22.3 Å². The number of hydrogen-bond donors (Lipinski definition) is 1. The average molecular weight is 416 g/mol. The van der Waals surface area contributed by atoms with Crippen LogP contribution in [0.2, 0.25) is 0 Å². The van der Waals surface area contributed by atoms with Crippen molar-refractivity contribution in [1.82, 2.24) is 20.0 Å². The summed E-state index contributed by atoms with van der Waals surface area (Å²) in [6, 6.07) is 14.5. The van der Waals surface area contributed by atoms with Gasteiger partial charge in [0.05, 0.1) is 12.6 Å². The number of fused-ring (bicyclic) bond motifs is 4. The zero-order valence-corrected chi connectivity index (χ0v) is 17.6. The number of nitrogens with zero attached hydrogens (tertiary/aromatic N) is 3. The highest BCUT2D eigenvalue weighted by Crippen LogP contribution is 2.39. The van der Waals surface area contributed by atoms with Crippen LogP contribution in [0.4, 0.5) is 0 Å². The Hall–Kier alpha value is -3.32. The second-order valence-corrected chi connectivity index (χ2v) is 8.55. The molecular weight excluding hydrogens is 392 g/mol. The highest BCUT2D eigenvalue weighted by atomic mass is 16.7. The lowest BCUT2D eigenvalue weighted by Gasteiger charge is -2.37. The topological polar surface area (TPSA) is 76.4 Å². The van der Waals surface area contributed by atoms with E-state index in [1.54, 1.807) is 0 Å². The number of nitrogens with one attached hydrogen (secondary N) is 1. The molecule has 0 fully saturated rings. The third-order valence-electron chi connectivity index (χ3n) is 6.25. The number of ether oxygens (including phenoxy) is 2. The molecule has 1 unspecified atom stereocenters. The molecule has 31 heavy (non-hydrogen) atoms. The summed E-state index contributed by atoms with van der Waals surface area (Å²) in [5.41, 5.74) is 4.83. The highest BCUT2D eigenvalue weighted by molar-refractivity contribution is 5.85. The van der Waals surface area contributed by atoms with Crippen LogP contribution in [0, 0.1) is 5.92 Å². The molecule has 1 atom stereocenters. The van der Waals surface area contributed by atoms with Gasteiger partial charge in [0, 0.05) is 28.7 Å². The molecule has 1 N–H and O–H groups in total. The van der Waals surface area contributed by atoms with Gasteiger partial charge in [0.2, 0.25) is 18.5 Å². The van der Waals surface area contributed by atoms with E-state index in [0.717, 1.165) is 24.3 Å². The Bertz CT molecular complexity index is 1260. The van der Waals surface area contributed by atoms with Gasteiger partial charge in [-0.1, -0.05) is 37.2 Å². The van der Waals surface area contributed by atoms with E-state index in [2.05, 4.69) is 58.1 Å². The van der Waals surface area contributed by atoms with Gasteiger partial charge < -0.3 is 19.0 Å². The molecule has 0 saturated heterocycles. The van der Waals surface area contributed by atoms with Gasteiger partial charge in [-0.2, -0.15) is 4.98 Å². The predicted molar refractivity (Wildman–Crippen MR) is 116 cm³/mol. The largest absolute Gasteiger partial charge is 0.454 e. The molecule has 0 saturated carbocycles. The fourth-order valence-electron chi connectivity index (χ4n) is 4.90. The van der Waals surface area contributed by atoms with E-state index in [0.29, 0.717) is 29.9 Å². The maximum Gasteiger partial charge on any atom is 0.241 e. The summed E-state index contributed by atoms with van der Waals surface area (Å²) in [6.07, 6.45) is 1.01. The molecule has 2 aliphatic heterocycles. The lowest BCUT2D eigenvalue weighted by molar-refractivity contribution is 0.117. The van der Waals surface area contributed by atoms with Crippen molar-refractivity contribution in [2.45, 2.75) is 32.9 Å². The van der Waals surface area contributed by atoms with Gasteiger partial charge in [0.1, 0.15) is 0 Å². The van der Waals surface area contributed by atoms with Gasteiger partial charge in [0.15, 0.2) is 11.5 Å². The summed E-state index contributed by atoms with van der Waals surface area (Å²) in [5, 5.41) is 5.55. The number of H-pyrrole nitrogens is 1. The summed E-state index contributed by atoms with van der Waals surface area (Å²) in [6.45, 7) is 6.36. The van der Waals surface area contributed by atoms with Crippen molar-refractivity contribution in [1.29, 1.82) is 0 Å². The molecule has 2 aliphatic rings. The molecule has 0 amide bonds. The Balaban J connectivity index is 1.28. The van der Waals surface area contributed by atoms with Gasteiger partial charge in [0.25, 0.3) is 0 Å². The number of rotatable bonds is 4. The van der Waals surface area contributed by atoms with Gasteiger partial charge in [-0.05, 0) is 42.2 Å². The minimum Gasteiger partial charge on any atom is -0.454 e. The lowest BCUT2D eigenvalue weighted by Crippen LogP contribution is -2.37. The van der Waals surface area contributed by atoms with Crippen molar-refractivity contribution >= 4 is 10.9 Å². The molecule has 6 rings (SSSR count). The van der Waals surface area contributed by atoms with E-state index in [1.807, 2.05) is 18.2 Å². The average Bonchev–Trinajstić information content (AvgIpc) is 3.50.